The van der Waals surface area contributed by atoms with Crippen molar-refractivity contribution in [3.8, 4) is 16.3 Å². The minimum absolute atomic E-state index is 0.0580. The largest absolute Gasteiger partial charge is 0.484 e. The van der Waals surface area contributed by atoms with Gasteiger partial charge in [0.05, 0.1) is 11.3 Å². The van der Waals surface area contributed by atoms with Gasteiger partial charge in [-0.3, -0.25) is 4.79 Å². The van der Waals surface area contributed by atoms with E-state index in [0.29, 0.717) is 29.2 Å². The summed E-state index contributed by atoms with van der Waals surface area (Å²) in [5, 5.41) is 9.61. The smallest absolute Gasteiger partial charge is 0.416 e. The van der Waals surface area contributed by atoms with Crippen LogP contribution in [0.2, 0.25) is 0 Å². The van der Waals surface area contributed by atoms with Gasteiger partial charge in [-0.25, -0.2) is 4.98 Å². The number of ether oxygens (including phenoxy) is 1. The Morgan fingerprint density at radius 1 is 1.03 bits per heavy atom. The fraction of sp³-hybridized carbons (Fsp3) is 0.241. The predicted octanol–water partition coefficient (Wildman–Crippen LogP) is 7.83. The summed E-state index contributed by atoms with van der Waals surface area (Å²) in [5.41, 5.74) is 3.60. The van der Waals surface area contributed by atoms with Gasteiger partial charge in [0, 0.05) is 23.3 Å². The van der Waals surface area contributed by atoms with E-state index in [9.17, 15) is 18.0 Å². The quantitative estimate of drug-likeness (QED) is 0.242. The third-order valence-electron chi connectivity index (χ3n) is 6.06. The third kappa shape index (κ3) is 6.77. The summed E-state index contributed by atoms with van der Waals surface area (Å²) < 4.78 is 45.4. The first-order chi connectivity index (χ1) is 17.6. The van der Waals surface area contributed by atoms with Gasteiger partial charge in [-0.1, -0.05) is 48.5 Å². The third-order valence-corrected chi connectivity index (χ3v) is 7.10. The first-order valence-corrected chi connectivity index (χ1v) is 12.6. The van der Waals surface area contributed by atoms with Gasteiger partial charge in [-0.2, -0.15) is 13.2 Å². The van der Waals surface area contributed by atoms with E-state index in [1.54, 1.807) is 0 Å². The summed E-state index contributed by atoms with van der Waals surface area (Å²) >= 11 is 1.42. The second kappa shape index (κ2) is 11.2. The molecule has 1 atom stereocenters. The van der Waals surface area contributed by atoms with Crippen molar-refractivity contribution in [3.63, 3.8) is 0 Å². The molecule has 192 valence electrons. The van der Waals surface area contributed by atoms with Crippen molar-refractivity contribution in [1.29, 1.82) is 0 Å². The van der Waals surface area contributed by atoms with Crippen LogP contribution in [0.5, 0.6) is 5.75 Å². The fourth-order valence-electron chi connectivity index (χ4n) is 4.08. The van der Waals surface area contributed by atoms with Crippen LogP contribution in [-0.2, 0) is 23.8 Å². The molecule has 1 aromatic heterocycles. The second-order valence-corrected chi connectivity index (χ2v) is 10.0. The standard InChI is InChI=1S/C29H26F3NO3S/c1-18-16-24(14-10-21(18)11-15-26(34)35)36-25(17-20-6-4-3-5-7-20)27-19(2)37-28(33-27)22-8-12-23(13-9-22)29(30,31)32/h3-10,12-14,16,25H,11,15,17H2,1-2H3,(H,34,35). The average Bonchev–Trinajstić information content (AvgIpc) is 3.25. The van der Waals surface area contributed by atoms with E-state index in [1.807, 2.05) is 62.4 Å². The summed E-state index contributed by atoms with van der Waals surface area (Å²) in [6, 6.07) is 20.5. The van der Waals surface area contributed by atoms with Crippen LogP contribution in [0, 0.1) is 13.8 Å². The van der Waals surface area contributed by atoms with Crippen molar-refractivity contribution < 1.29 is 27.8 Å². The van der Waals surface area contributed by atoms with Crippen molar-refractivity contribution in [2.45, 2.75) is 45.4 Å². The van der Waals surface area contributed by atoms with Gasteiger partial charge in [-0.05, 0) is 61.2 Å². The van der Waals surface area contributed by atoms with Crippen molar-refractivity contribution in [1.82, 2.24) is 4.98 Å². The topological polar surface area (TPSA) is 59.4 Å². The number of hydrogen-bond donors (Lipinski definition) is 1. The highest BCUT2D eigenvalue weighted by atomic mass is 32.1. The van der Waals surface area contributed by atoms with Crippen LogP contribution >= 0.6 is 11.3 Å². The molecule has 0 saturated carbocycles. The maximum atomic E-state index is 13.0. The lowest BCUT2D eigenvalue weighted by Crippen LogP contribution is -2.13. The molecule has 0 saturated heterocycles. The molecule has 0 aliphatic rings. The summed E-state index contributed by atoms with van der Waals surface area (Å²) in [7, 11) is 0. The van der Waals surface area contributed by atoms with Crippen LogP contribution in [0.1, 0.15) is 45.3 Å². The number of carboxylic acids is 1. The van der Waals surface area contributed by atoms with E-state index in [0.717, 1.165) is 39.4 Å². The van der Waals surface area contributed by atoms with E-state index in [1.165, 1.54) is 23.5 Å². The maximum absolute atomic E-state index is 13.0. The normalized spacial score (nSPS) is 12.4. The predicted molar refractivity (Wildman–Crippen MR) is 138 cm³/mol. The minimum atomic E-state index is -4.39. The summed E-state index contributed by atoms with van der Waals surface area (Å²) in [4.78, 5) is 16.7. The van der Waals surface area contributed by atoms with Crippen molar-refractivity contribution in [3.05, 3.63) is 106 Å². The SMILES string of the molecule is Cc1cc(OC(Cc2ccccc2)c2nc(-c3ccc(C(F)(F)F)cc3)sc2C)ccc1CCC(=O)O. The van der Waals surface area contributed by atoms with Gasteiger partial charge in [0.1, 0.15) is 16.9 Å². The number of thiazole rings is 1. The van der Waals surface area contributed by atoms with Gasteiger partial charge in [-0.15, -0.1) is 11.3 Å². The first kappa shape index (κ1) is 26.4. The Morgan fingerprint density at radius 3 is 2.35 bits per heavy atom. The molecule has 0 spiro atoms. The number of hydrogen-bond acceptors (Lipinski definition) is 4. The molecule has 0 bridgehead atoms. The number of aryl methyl sites for hydroxylation is 3. The molecule has 0 aliphatic carbocycles. The minimum Gasteiger partial charge on any atom is -0.484 e. The molecule has 0 fully saturated rings. The van der Waals surface area contributed by atoms with Gasteiger partial charge in [0.15, 0.2) is 0 Å². The fourth-order valence-corrected chi connectivity index (χ4v) is 5.05. The molecule has 4 aromatic rings. The molecule has 8 heteroatoms. The Balaban J connectivity index is 1.63. The zero-order valence-electron chi connectivity index (χ0n) is 20.4. The Hall–Kier alpha value is -3.65. The number of benzene rings is 3. The molecule has 4 nitrogen and oxygen atoms in total. The molecule has 37 heavy (non-hydrogen) atoms. The van der Waals surface area contributed by atoms with Crippen molar-refractivity contribution in [2.75, 3.05) is 0 Å². The highest BCUT2D eigenvalue weighted by molar-refractivity contribution is 7.15. The molecule has 1 heterocycles. The van der Waals surface area contributed by atoms with Gasteiger partial charge in [0.2, 0.25) is 0 Å². The monoisotopic (exact) mass is 525 g/mol. The number of rotatable bonds is 9. The Kier molecular flexibility index (Phi) is 7.97. The Morgan fingerprint density at radius 2 is 1.73 bits per heavy atom. The van der Waals surface area contributed by atoms with Crippen LogP contribution < -0.4 is 4.74 Å². The molecule has 0 amide bonds. The molecule has 4 rings (SSSR count). The van der Waals surface area contributed by atoms with Crippen molar-refractivity contribution in [2.24, 2.45) is 0 Å². The van der Waals surface area contributed by atoms with E-state index in [2.05, 4.69) is 0 Å². The summed E-state index contributed by atoms with van der Waals surface area (Å²) in [6.07, 6.45) is -3.76. The number of alkyl halides is 3. The molecule has 1 unspecified atom stereocenters. The lowest BCUT2D eigenvalue weighted by Gasteiger charge is -2.20. The number of aliphatic carboxylic acids is 1. The summed E-state index contributed by atoms with van der Waals surface area (Å²) in [5.74, 6) is -0.202. The lowest BCUT2D eigenvalue weighted by atomic mass is 10.0. The number of carbonyl (C=O) groups is 1. The van der Waals surface area contributed by atoms with Gasteiger partial charge in [0.25, 0.3) is 0 Å². The number of carboxylic acid groups (broad SMARTS) is 1. The van der Waals surface area contributed by atoms with E-state index in [-0.39, 0.29) is 6.42 Å². The molecule has 1 N–H and O–H groups in total. The van der Waals surface area contributed by atoms with Crippen LogP contribution in [0.4, 0.5) is 13.2 Å². The molecular weight excluding hydrogens is 499 g/mol. The van der Waals surface area contributed by atoms with Crippen LogP contribution in [0.25, 0.3) is 10.6 Å². The first-order valence-electron chi connectivity index (χ1n) is 11.8. The number of nitrogens with zero attached hydrogens (tertiary/aromatic N) is 1. The van der Waals surface area contributed by atoms with Crippen LogP contribution in [0.15, 0.2) is 72.8 Å². The average molecular weight is 526 g/mol. The van der Waals surface area contributed by atoms with Gasteiger partial charge < -0.3 is 9.84 Å². The molecule has 0 radical (unpaired) electrons. The van der Waals surface area contributed by atoms with Crippen LogP contribution in [0.3, 0.4) is 0 Å². The Labute approximate surface area is 217 Å². The highest BCUT2D eigenvalue weighted by Gasteiger charge is 2.30. The van der Waals surface area contributed by atoms with Gasteiger partial charge >= 0.3 is 12.1 Å². The molecule has 0 aliphatic heterocycles. The zero-order valence-corrected chi connectivity index (χ0v) is 21.2. The van der Waals surface area contributed by atoms with Crippen molar-refractivity contribution >= 4 is 17.3 Å². The lowest BCUT2D eigenvalue weighted by molar-refractivity contribution is -0.138. The van der Waals surface area contributed by atoms with Crippen LogP contribution in [-0.4, -0.2) is 16.1 Å². The number of halogens is 3. The zero-order chi connectivity index (χ0) is 26.6. The van der Waals surface area contributed by atoms with E-state index >= 15 is 0 Å². The van der Waals surface area contributed by atoms with E-state index < -0.39 is 23.8 Å². The molecule has 3 aromatic carbocycles. The summed E-state index contributed by atoms with van der Waals surface area (Å²) in [6.45, 7) is 3.86. The highest BCUT2D eigenvalue weighted by Crippen LogP contribution is 2.36. The maximum Gasteiger partial charge on any atom is 0.416 e. The Bertz CT molecular complexity index is 1370. The molecular formula is C29H26F3NO3S. The van der Waals surface area contributed by atoms with E-state index in [4.69, 9.17) is 14.8 Å². The second-order valence-electron chi connectivity index (χ2n) is 8.81. The number of aromatic nitrogens is 1.